The van der Waals surface area contributed by atoms with E-state index in [0.29, 0.717) is 11.3 Å². The normalized spacial score (nSPS) is 13.2. The van der Waals surface area contributed by atoms with Crippen molar-refractivity contribution in [2.75, 3.05) is 20.2 Å². The Morgan fingerprint density at radius 2 is 1.70 bits per heavy atom. The predicted octanol–water partition coefficient (Wildman–Crippen LogP) is 3.96. The van der Waals surface area contributed by atoms with Gasteiger partial charge in [-0.2, -0.15) is 4.31 Å². The van der Waals surface area contributed by atoms with Crippen molar-refractivity contribution in [1.29, 1.82) is 0 Å². The first-order valence-corrected chi connectivity index (χ1v) is 14.3. The number of nitrogens with zero attached hydrogens (tertiary/aromatic N) is 2. The zero-order valence-electron chi connectivity index (χ0n) is 23.0. The average Bonchev–Trinajstić information content (AvgIpc) is 2.92. The molecular weight excluding hydrogens is 534 g/mol. The van der Waals surface area contributed by atoms with Crippen LogP contribution in [0, 0.1) is 23.0 Å². The van der Waals surface area contributed by atoms with Gasteiger partial charge in [0.05, 0.1) is 29.1 Å². The lowest BCUT2D eigenvalue weighted by Crippen LogP contribution is -2.51. The van der Waals surface area contributed by atoms with Gasteiger partial charge in [-0.15, -0.1) is 0 Å². The Hall–Kier alpha value is -3.80. The van der Waals surface area contributed by atoms with Crippen molar-refractivity contribution in [3.63, 3.8) is 0 Å². The summed E-state index contributed by atoms with van der Waals surface area (Å²) in [7, 11) is -2.51. The van der Waals surface area contributed by atoms with E-state index in [1.807, 2.05) is 44.2 Å². The number of hydrogen-bond donors (Lipinski definition) is 2. The first-order valence-electron chi connectivity index (χ1n) is 12.8. The molecule has 0 aliphatic carbocycles. The summed E-state index contributed by atoms with van der Waals surface area (Å²) in [6.07, 6.45) is -1.09. The van der Waals surface area contributed by atoms with Gasteiger partial charge in [0.1, 0.15) is 5.75 Å². The highest BCUT2D eigenvalue weighted by Gasteiger charge is 2.32. The minimum absolute atomic E-state index is 0.0464. The molecular formula is C29H35N3O7S. The maximum Gasteiger partial charge on any atom is 0.270 e. The Balaban J connectivity index is 1.93. The number of nitro benzene ring substituents is 1. The molecule has 0 aliphatic heterocycles. The molecule has 40 heavy (non-hydrogen) atoms. The SMILES string of the molecule is COc1ccc(S(=O)(=O)N(CC(C)C)C[C@@H](O)[C@H](Cc2ccccc2)NC(=O)c2cc([N+](=O)[O-])ccc2C)cc1. The largest absolute Gasteiger partial charge is 0.497 e. The molecule has 3 aromatic rings. The van der Waals surface area contributed by atoms with Gasteiger partial charge in [0.25, 0.3) is 11.6 Å². The van der Waals surface area contributed by atoms with E-state index in [0.717, 1.165) is 5.56 Å². The second-order valence-electron chi connectivity index (χ2n) is 9.98. The first kappa shape index (κ1) is 30.7. The van der Waals surface area contributed by atoms with Crippen LogP contribution < -0.4 is 10.1 Å². The van der Waals surface area contributed by atoms with Crippen LogP contribution in [-0.2, 0) is 16.4 Å². The van der Waals surface area contributed by atoms with Crippen LogP contribution in [0.1, 0.15) is 35.3 Å². The monoisotopic (exact) mass is 569 g/mol. The van der Waals surface area contributed by atoms with Crippen LogP contribution >= 0.6 is 0 Å². The van der Waals surface area contributed by atoms with Crippen molar-refractivity contribution < 1.29 is 28.0 Å². The molecule has 0 radical (unpaired) electrons. The van der Waals surface area contributed by atoms with Gasteiger partial charge in [-0.05, 0) is 54.7 Å². The standard InChI is InChI=1S/C29H35N3O7S/c1-20(2)18-31(40(37,38)25-14-12-24(39-4)13-15-25)19-28(33)27(16-22-8-6-5-7-9-22)30-29(34)26-17-23(32(35)36)11-10-21(26)3/h5-15,17,20,27-28,33H,16,18-19H2,1-4H3,(H,30,34)/t27-,28+/m0/s1. The Morgan fingerprint density at radius 1 is 1.05 bits per heavy atom. The summed E-state index contributed by atoms with van der Waals surface area (Å²) < 4.78 is 33.5. The lowest BCUT2D eigenvalue weighted by Gasteiger charge is -2.31. The Morgan fingerprint density at radius 3 is 2.27 bits per heavy atom. The van der Waals surface area contributed by atoms with Crippen molar-refractivity contribution >= 4 is 21.6 Å². The van der Waals surface area contributed by atoms with Crippen molar-refractivity contribution in [2.45, 2.75) is 44.2 Å². The number of aliphatic hydroxyl groups excluding tert-OH is 1. The van der Waals surface area contributed by atoms with Gasteiger partial charge in [-0.1, -0.05) is 50.2 Å². The molecule has 0 heterocycles. The lowest BCUT2D eigenvalue weighted by molar-refractivity contribution is -0.384. The number of ether oxygens (including phenoxy) is 1. The van der Waals surface area contributed by atoms with Gasteiger partial charge >= 0.3 is 0 Å². The molecule has 2 atom stereocenters. The van der Waals surface area contributed by atoms with E-state index < -0.39 is 33.0 Å². The number of sulfonamides is 1. The van der Waals surface area contributed by atoms with E-state index in [9.17, 15) is 28.4 Å². The minimum Gasteiger partial charge on any atom is -0.497 e. The van der Waals surface area contributed by atoms with E-state index in [-0.39, 0.29) is 41.6 Å². The van der Waals surface area contributed by atoms with E-state index >= 15 is 0 Å². The molecule has 1 amide bonds. The number of benzene rings is 3. The topological polar surface area (TPSA) is 139 Å². The molecule has 0 fully saturated rings. The number of carbonyl (C=O) groups excluding carboxylic acids is 1. The zero-order valence-corrected chi connectivity index (χ0v) is 23.8. The van der Waals surface area contributed by atoms with Gasteiger partial charge in [0.15, 0.2) is 0 Å². The fraction of sp³-hybridized carbons (Fsp3) is 0.345. The molecule has 0 bridgehead atoms. The molecule has 2 N–H and O–H groups in total. The van der Waals surface area contributed by atoms with E-state index in [2.05, 4.69) is 5.32 Å². The number of amides is 1. The highest BCUT2D eigenvalue weighted by molar-refractivity contribution is 7.89. The van der Waals surface area contributed by atoms with E-state index in [4.69, 9.17) is 4.74 Å². The van der Waals surface area contributed by atoms with Gasteiger partial charge < -0.3 is 15.2 Å². The zero-order chi connectivity index (χ0) is 29.4. The predicted molar refractivity (Wildman–Crippen MR) is 152 cm³/mol. The average molecular weight is 570 g/mol. The Bertz CT molecular complexity index is 1410. The minimum atomic E-state index is -3.99. The van der Waals surface area contributed by atoms with Crippen LogP contribution in [0.2, 0.25) is 0 Å². The van der Waals surface area contributed by atoms with Crippen molar-refractivity contribution in [2.24, 2.45) is 5.92 Å². The fourth-order valence-corrected chi connectivity index (χ4v) is 5.90. The summed E-state index contributed by atoms with van der Waals surface area (Å²) in [6, 6.07) is 18.3. The molecule has 214 valence electrons. The number of aliphatic hydroxyl groups is 1. The molecule has 3 aromatic carbocycles. The molecule has 10 nitrogen and oxygen atoms in total. The molecule has 11 heteroatoms. The maximum absolute atomic E-state index is 13.6. The van der Waals surface area contributed by atoms with Crippen LogP contribution in [0.15, 0.2) is 77.7 Å². The Labute approximate surface area is 234 Å². The van der Waals surface area contributed by atoms with Crippen molar-refractivity contribution in [3.8, 4) is 5.75 Å². The number of hydrogen-bond acceptors (Lipinski definition) is 7. The maximum atomic E-state index is 13.6. The third kappa shape index (κ3) is 7.87. The van der Waals surface area contributed by atoms with Gasteiger partial charge in [-0.3, -0.25) is 14.9 Å². The number of aryl methyl sites for hydroxylation is 1. The van der Waals surface area contributed by atoms with Gasteiger partial charge in [-0.25, -0.2) is 8.42 Å². The first-order chi connectivity index (χ1) is 18.9. The molecule has 0 saturated carbocycles. The van der Waals surface area contributed by atoms with Crippen LogP contribution in [0.4, 0.5) is 5.69 Å². The summed E-state index contributed by atoms with van der Waals surface area (Å²) in [5.41, 5.74) is 1.21. The second kappa shape index (κ2) is 13.5. The second-order valence-corrected chi connectivity index (χ2v) is 11.9. The van der Waals surface area contributed by atoms with Gasteiger partial charge in [0.2, 0.25) is 10.0 Å². The van der Waals surface area contributed by atoms with Crippen molar-refractivity contribution in [3.05, 3.63) is 99.6 Å². The third-order valence-corrected chi connectivity index (χ3v) is 8.26. The van der Waals surface area contributed by atoms with Crippen molar-refractivity contribution in [1.82, 2.24) is 9.62 Å². The highest BCUT2D eigenvalue weighted by Crippen LogP contribution is 2.22. The summed E-state index contributed by atoms with van der Waals surface area (Å²) in [6.45, 7) is 5.27. The number of methoxy groups -OCH3 is 1. The van der Waals surface area contributed by atoms with E-state index in [1.54, 1.807) is 19.1 Å². The van der Waals surface area contributed by atoms with Gasteiger partial charge in [0, 0.05) is 30.8 Å². The summed E-state index contributed by atoms with van der Waals surface area (Å²) in [4.78, 5) is 24.0. The number of non-ortho nitro benzene ring substituents is 1. The molecule has 3 rings (SSSR count). The summed E-state index contributed by atoms with van der Waals surface area (Å²) in [5.74, 6) is -0.138. The lowest BCUT2D eigenvalue weighted by atomic mass is 9.99. The van der Waals surface area contributed by atoms with Crippen LogP contribution in [0.5, 0.6) is 5.75 Å². The summed E-state index contributed by atoms with van der Waals surface area (Å²) in [5, 5.41) is 25.5. The Kier molecular flexibility index (Phi) is 10.4. The number of carbonyl (C=O) groups is 1. The molecule has 0 aliphatic rings. The number of nitrogens with one attached hydrogen (secondary N) is 1. The molecule has 0 saturated heterocycles. The molecule has 0 aromatic heterocycles. The molecule has 0 unspecified atom stereocenters. The smallest absolute Gasteiger partial charge is 0.270 e. The number of nitro groups is 1. The highest BCUT2D eigenvalue weighted by atomic mass is 32.2. The fourth-order valence-electron chi connectivity index (χ4n) is 4.28. The summed E-state index contributed by atoms with van der Waals surface area (Å²) >= 11 is 0. The van der Waals surface area contributed by atoms with Crippen LogP contribution in [-0.4, -0.2) is 61.0 Å². The van der Waals surface area contributed by atoms with Crippen LogP contribution in [0.25, 0.3) is 0 Å². The quantitative estimate of drug-likeness (QED) is 0.235. The van der Waals surface area contributed by atoms with Crippen LogP contribution in [0.3, 0.4) is 0 Å². The van der Waals surface area contributed by atoms with E-state index in [1.165, 1.54) is 41.7 Å². The number of rotatable bonds is 13. The molecule has 0 spiro atoms. The third-order valence-electron chi connectivity index (χ3n) is 6.41.